The van der Waals surface area contributed by atoms with Gasteiger partial charge in [-0.1, -0.05) is 28.1 Å². The predicted molar refractivity (Wildman–Crippen MR) is 67.1 cm³/mol. The van der Waals surface area contributed by atoms with E-state index in [2.05, 4.69) is 27.3 Å². The number of nitrogens with two attached hydrogens (primary N) is 1. The Labute approximate surface area is 97.2 Å². The van der Waals surface area contributed by atoms with Crippen LogP contribution in [0.15, 0.2) is 46.9 Å². The number of hydrogen-bond donors (Lipinski definition) is 2. The lowest BCUT2D eigenvalue weighted by Crippen LogP contribution is -1.95. The molecule has 0 aliphatic heterocycles. The Hall–Kier alpha value is -1.48. The largest absolute Gasteiger partial charge is 0.397 e. The van der Waals surface area contributed by atoms with E-state index in [4.69, 9.17) is 5.73 Å². The average Bonchev–Trinajstić information content (AvgIpc) is 2.24. The van der Waals surface area contributed by atoms with Crippen LogP contribution in [0.1, 0.15) is 0 Å². The maximum Gasteiger partial charge on any atom is 0.0618 e. The molecule has 2 aromatic rings. The van der Waals surface area contributed by atoms with Gasteiger partial charge in [-0.2, -0.15) is 0 Å². The molecule has 75 valence electrons. The molecule has 0 aliphatic carbocycles. The zero-order valence-electron chi connectivity index (χ0n) is 8.00. The summed E-state index contributed by atoms with van der Waals surface area (Å²) in [7, 11) is 0. The van der Waals surface area contributed by atoms with Gasteiger partial charge in [0.05, 0.1) is 11.4 Å². The smallest absolute Gasteiger partial charge is 0.0618 e. The minimum Gasteiger partial charge on any atom is -0.397 e. The molecule has 1 radical (unpaired) electrons. The number of anilines is 3. The molecule has 0 amide bonds. The zero-order chi connectivity index (χ0) is 10.7. The summed E-state index contributed by atoms with van der Waals surface area (Å²) in [5, 5.41) is 3.22. The molecule has 15 heavy (non-hydrogen) atoms. The maximum atomic E-state index is 5.87. The summed E-state index contributed by atoms with van der Waals surface area (Å²) in [4.78, 5) is 0. The predicted octanol–water partition coefficient (Wildman–Crippen LogP) is 3.58. The first kappa shape index (κ1) is 10.1. The third-order valence-corrected chi connectivity index (χ3v) is 2.49. The Bertz CT molecular complexity index is 454. The first-order valence-electron chi connectivity index (χ1n) is 4.54. The van der Waals surface area contributed by atoms with Crippen LogP contribution in [0.5, 0.6) is 0 Å². The first-order chi connectivity index (χ1) is 7.25. The number of benzene rings is 2. The van der Waals surface area contributed by atoms with Gasteiger partial charge in [0.2, 0.25) is 0 Å². The van der Waals surface area contributed by atoms with Crippen molar-refractivity contribution in [3.63, 3.8) is 0 Å². The van der Waals surface area contributed by atoms with Crippen LogP contribution in [0, 0.1) is 6.07 Å². The molecule has 0 fully saturated rings. The summed E-state index contributed by atoms with van der Waals surface area (Å²) < 4.78 is 0.977. The van der Waals surface area contributed by atoms with Crippen LogP contribution in [0.25, 0.3) is 0 Å². The number of nitrogen functional groups attached to an aromatic ring is 1. The topological polar surface area (TPSA) is 38.0 Å². The molecule has 0 spiro atoms. The van der Waals surface area contributed by atoms with Gasteiger partial charge < -0.3 is 11.1 Å². The SMILES string of the molecule is Nc1cc(Br)ccc1Nc1c[c]ccc1. The van der Waals surface area contributed by atoms with Gasteiger partial charge in [-0.15, -0.1) is 0 Å². The van der Waals surface area contributed by atoms with E-state index in [1.54, 1.807) is 0 Å². The molecule has 2 rings (SSSR count). The van der Waals surface area contributed by atoms with Crippen LogP contribution in [0.3, 0.4) is 0 Å². The summed E-state index contributed by atoms with van der Waals surface area (Å²) in [5.74, 6) is 0. The third kappa shape index (κ3) is 2.50. The number of hydrogen-bond acceptors (Lipinski definition) is 2. The molecular formula is C12H10BrN2. The van der Waals surface area contributed by atoms with Gasteiger partial charge in [0.15, 0.2) is 0 Å². The van der Waals surface area contributed by atoms with Gasteiger partial charge in [-0.25, -0.2) is 0 Å². The van der Waals surface area contributed by atoms with Crippen LogP contribution in [-0.2, 0) is 0 Å². The van der Waals surface area contributed by atoms with Crippen molar-refractivity contribution in [1.82, 2.24) is 0 Å². The van der Waals surface area contributed by atoms with Crippen molar-refractivity contribution < 1.29 is 0 Å². The van der Waals surface area contributed by atoms with E-state index in [9.17, 15) is 0 Å². The van der Waals surface area contributed by atoms with E-state index in [1.807, 2.05) is 42.5 Å². The fourth-order valence-electron chi connectivity index (χ4n) is 1.27. The van der Waals surface area contributed by atoms with Crippen LogP contribution >= 0.6 is 15.9 Å². The fraction of sp³-hybridized carbons (Fsp3) is 0. The van der Waals surface area contributed by atoms with Gasteiger partial charge in [-0.05, 0) is 36.4 Å². The van der Waals surface area contributed by atoms with E-state index in [1.165, 1.54) is 0 Å². The average molecular weight is 262 g/mol. The molecule has 0 bridgehead atoms. The van der Waals surface area contributed by atoms with Crippen LogP contribution in [0.2, 0.25) is 0 Å². The number of halogens is 1. The van der Waals surface area contributed by atoms with Gasteiger partial charge >= 0.3 is 0 Å². The molecule has 0 aliphatic rings. The lowest BCUT2D eigenvalue weighted by Gasteiger charge is -2.09. The molecule has 2 nitrogen and oxygen atoms in total. The van der Waals surface area contributed by atoms with Crippen molar-refractivity contribution >= 4 is 33.0 Å². The normalized spacial score (nSPS) is 9.93. The summed E-state index contributed by atoms with van der Waals surface area (Å²) >= 11 is 3.37. The van der Waals surface area contributed by atoms with E-state index >= 15 is 0 Å². The van der Waals surface area contributed by atoms with E-state index in [-0.39, 0.29) is 0 Å². The highest BCUT2D eigenvalue weighted by Gasteiger charge is 1.99. The summed E-state index contributed by atoms with van der Waals surface area (Å²) in [5.41, 5.74) is 8.46. The van der Waals surface area contributed by atoms with Crippen LogP contribution in [-0.4, -0.2) is 0 Å². The van der Waals surface area contributed by atoms with Crippen molar-refractivity contribution in [3.05, 3.63) is 53.0 Å². The van der Waals surface area contributed by atoms with Crippen molar-refractivity contribution in [1.29, 1.82) is 0 Å². The second-order valence-corrected chi connectivity index (χ2v) is 4.06. The van der Waals surface area contributed by atoms with Gasteiger partial charge in [0, 0.05) is 10.2 Å². The highest BCUT2D eigenvalue weighted by atomic mass is 79.9. The second kappa shape index (κ2) is 4.36. The molecule has 3 heteroatoms. The molecule has 0 aromatic heterocycles. The van der Waals surface area contributed by atoms with Crippen molar-refractivity contribution in [2.45, 2.75) is 0 Å². The Morgan fingerprint density at radius 2 is 2.13 bits per heavy atom. The van der Waals surface area contributed by atoms with E-state index in [0.717, 1.165) is 15.8 Å². The monoisotopic (exact) mass is 261 g/mol. The van der Waals surface area contributed by atoms with E-state index in [0.29, 0.717) is 5.69 Å². The number of nitrogens with one attached hydrogen (secondary N) is 1. The van der Waals surface area contributed by atoms with Crippen molar-refractivity contribution in [3.8, 4) is 0 Å². The maximum absolute atomic E-state index is 5.87. The van der Waals surface area contributed by atoms with Gasteiger partial charge in [0.1, 0.15) is 0 Å². The highest BCUT2D eigenvalue weighted by Crippen LogP contribution is 2.25. The molecule has 0 unspecified atom stereocenters. The summed E-state index contributed by atoms with van der Waals surface area (Å²) in [6, 6.07) is 16.4. The molecule has 0 heterocycles. The lowest BCUT2D eigenvalue weighted by molar-refractivity contribution is 1.53. The minimum absolute atomic E-state index is 0.716. The molecule has 3 N–H and O–H groups in total. The Balaban J connectivity index is 2.25. The van der Waals surface area contributed by atoms with Gasteiger partial charge in [-0.3, -0.25) is 0 Å². The quantitative estimate of drug-likeness (QED) is 0.812. The minimum atomic E-state index is 0.716. The highest BCUT2D eigenvalue weighted by molar-refractivity contribution is 9.10. The lowest BCUT2D eigenvalue weighted by atomic mass is 10.2. The molecule has 0 atom stereocenters. The fourth-order valence-corrected chi connectivity index (χ4v) is 1.65. The summed E-state index contributed by atoms with van der Waals surface area (Å²) in [6.45, 7) is 0. The molecular weight excluding hydrogens is 252 g/mol. The first-order valence-corrected chi connectivity index (χ1v) is 5.33. The standard InChI is InChI=1S/C12H10BrN2/c13-9-6-7-12(11(14)8-9)15-10-4-2-1-3-5-10/h1-2,4-8,15H,14H2. The summed E-state index contributed by atoms with van der Waals surface area (Å²) in [6.07, 6.45) is 0. The van der Waals surface area contributed by atoms with Crippen molar-refractivity contribution in [2.24, 2.45) is 0 Å². The molecule has 0 saturated heterocycles. The van der Waals surface area contributed by atoms with Crippen LogP contribution < -0.4 is 11.1 Å². The third-order valence-electron chi connectivity index (χ3n) is 2.00. The van der Waals surface area contributed by atoms with Gasteiger partial charge in [0.25, 0.3) is 0 Å². The van der Waals surface area contributed by atoms with Crippen LogP contribution in [0.4, 0.5) is 17.1 Å². The number of rotatable bonds is 2. The Morgan fingerprint density at radius 1 is 1.27 bits per heavy atom. The molecule has 2 aromatic carbocycles. The Morgan fingerprint density at radius 3 is 2.80 bits per heavy atom. The zero-order valence-corrected chi connectivity index (χ0v) is 9.58. The van der Waals surface area contributed by atoms with E-state index < -0.39 is 0 Å². The second-order valence-electron chi connectivity index (χ2n) is 3.15. The Kier molecular flexibility index (Phi) is 2.92. The molecule has 0 saturated carbocycles. The van der Waals surface area contributed by atoms with Crippen molar-refractivity contribution in [2.75, 3.05) is 11.1 Å².